The van der Waals surface area contributed by atoms with Gasteiger partial charge in [-0.3, -0.25) is 4.79 Å². The molecular formula is C9H19NO4. The van der Waals surface area contributed by atoms with E-state index in [1.807, 2.05) is 0 Å². The van der Waals surface area contributed by atoms with E-state index < -0.39 is 0 Å². The van der Waals surface area contributed by atoms with Crippen LogP contribution >= 0.6 is 0 Å². The van der Waals surface area contributed by atoms with E-state index in [0.717, 1.165) is 6.42 Å². The molecule has 0 saturated carbocycles. The van der Waals surface area contributed by atoms with Gasteiger partial charge in [0.2, 0.25) is 6.41 Å². The van der Waals surface area contributed by atoms with E-state index in [1.54, 1.807) is 0 Å². The van der Waals surface area contributed by atoms with E-state index >= 15 is 0 Å². The summed E-state index contributed by atoms with van der Waals surface area (Å²) in [7, 11) is 0. The van der Waals surface area contributed by atoms with Crippen LogP contribution in [0.25, 0.3) is 0 Å². The summed E-state index contributed by atoms with van der Waals surface area (Å²) >= 11 is 0. The second-order valence-corrected chi connectivity index (χ2v) is 2.73. The Morgan fingerprint density at radius 2 is 1.71 bits per heavy atom. The third-order valence-corrected chi connectivity index (χ3v) is 1.50. The topological polar surface area (TPSA) is 67.8 Å². The van der Waals surface area contributed by atoms with Crippen LogP contribution in [0.2, 0.25) is 0 Å². The Hall–Kier alpha value is -0.650. The van der Waals surface area contributed by atoms with Crippen LogP contribution in [0.15, 0.2) is 0 Å². The van der Waals surface area contributed by atoms with Crippen molar-refractivity contribution in [3.63, 3.8) is 0 Å². The standard InChI is InChI=1S/C9H19NO4/c11-4-1-5-13-6-2-7-14-8-3-10-9-12/h9,11H,1-8H2,(H,10,12). The monoisotopic (exact) mass is 205 g/mol. The fraction of sp³-hybridized carbons (Fsp3) is 0.889. The van der Waals surface area contributed by atoms with E-state index in [9.17, 15) is 4.79 Å². The SMILES string of the molecule is O=CNCCOCCCOCCCO. The Kier molecular flexibility index (Phi) is 11.8. The smallest absolute Gasteiger partial charge is 0.207 e. The lowest BCUT2D eigenvalue weighted by Gasteiger charge is -2.04. The highest BCUT2D eigenvalue weighted by Gasteiger charge is 1.90. The molecule has 0 bridgehead atoms. The summed E-state index contributed by atoms with van der Waals surface area (Å²) in [5, 5.41) is 11.0. The maximum atomic E-state index is 9.83. The summed E-state index contributed by atoms with van der Waals surface area (Å²) in [5.41, 5.74) is 0. The second-order valence-electron chi connectivity index (χ2n) is 2.73. The molecule has 0 radical (unpaired) electrons. The van der Waals surface area contributed by atoms with Crippen molar-refractivity contribution < 1.29 is 19.4 Å². The van der Waals surface area contributed by atoms with E-state index in [2.05, 4.69) is 5.32 Å². The Labute approximate surface area is 84.4 Å². The molecule has 0 aliphatic rings. The van der Waals surface area contributed by atoms with Gasteiger partial charge < -0.3 is 19.9 Å². The van der Waals surface area contributed by atoms with Crippen molar-refractivity contribution in [2.24, 2.45) is 0 Å². The molecule has 5 nitrogen and oxygen atoms in total. The molecule has 0 aliphatic heterocycles. The molecule has 0 aromatic carbocycles. The van der Waals surface area contributed by atoms with Gasteiger partial charge in [-0.25, -0.2) is 0 Å². The van der Waals surface area contributed by atoms with Crippen LogP contribution in [-0.2, 0) is 14.3 Å². The summed E-state index contributed by atoms with van der Waals surface area (Å²) in [6.45, 7) is 3.15. The van der Waals surface area contributed by atoms with Crippen molar-refractivity contribution in [1.82, 2.24) is 5.32 Å². The normalized spacial score (nSPS) is 10.1. The molecule has 0 aliphatic carbocycles. The number of rotatable bonds is 11. The van der Waals surface area contributed by atoms with Gasteiger partial charge in [0.25, 0.3) is 0 Å². The minimum Gasteiger partial charge on any atom is -0.396 e. The van der Waals surface area contributed by atoms with Gasteiger partial charge in [-0.15, -0.1) is 0 Å². The number of aliphatic hydroxyl groups excluding tert-OH is 1. The van der Waals surface area contributed by atoms with Gasteiger partial charge in [0.05, 0.1) is 6.61 Å². The van der Waals surface area contributed by atoms with Crippen LogP contribution < -0.4 is 5.32 Å². The lowest BCUT2D eigenvalue weighted by atomic mass is 10.4. The van der Waals surface area contributed by atoms with Gasteiger partial charge in [-0.1, -0.05) is 0 Å². The van der Waals surface area contributed by atoms with Crippen molar-refractivity contribution in [2.75, 3.05) is 39.6 Å². The van der Waals surface area contributed by atoms with Crippen molar-refractivity contribution in [2.45, 2.75) is 12.8 Å². The highest BCUT2D eigenvalue weighted by molar-refractivity contribution is 5.45. The van der Waals surface area contributed by atoms with Gasteiger partial charge in [-0.2, -0.15) is 0 Å². The Morgan fingerprint density at radius 3 is 2.36 bits per heavy atom. The molecule has 0 heterocycles. The number of amides is 1. The number of aliphatic hydroxyl groups is 1. The summed E-state index contributed by atoms with van der Waals surface area (Å²) < 4.78 is 10.4. The molecule has 0 atom stereocenters. The van der Waals surface area contributed by atoms with Crippen LogP contribution in [0.4, 0.5) is 0 Å². The van der Waals surface area contributed by atoms with Crippen LogP contribution in [-0.4, -0.2) is 51.1 Å². The molecule has 0 fully saturated rings. The molecular weight excluding hydrogens is 186 g/mol. The summed E-state index contributed by atoms with van der Waals surface area (Å²) in [6, 6.07) is 0. The predicted molar refractivity (Wildman–Crippen MR) is 52.0 cm³/mol. The fourth-order valence-corrected chi connectivity index (χ4v) is 0.824. The maximum absolute atomic E-state index is 9.83. The number of ether oxygens (including phenoxy) is 2. The van der Waals surface area contributed by atoms with E-state index in [0.29, 0.717) is 45.8 Å². The Balaban J connectivity index is 2.81. The van der Waals surface area contributed by atoms with Gasteiger partial charge >= 0.3 is 0 Å². The molecule has 2 N–H and O–H groups in total. The van der Waals surface area contributed by atoms with Gasteiger partial charge in [0.15, 0.2) is 0 Å². The quantitative estimate of drug-likeness (QED) is 0.354. The first-order valence-corrected chi connectivity index (χ1v) is 4.85. The Morgan fingerprint density at radius 1 is 1.07 bits per heavy atom. The summed E-state index contributed by atoms with van der Waals surface area (Å²) in [6.07, 6.45) is 2.18. The molecule has 0 unspecified atom stereocenters. The maximum Gasteiger partial charge on any atom is 0.207 e. The largest absolute Gasteiger partial charge is 0.396 e. The van der Waals surface area contributed by atoms with Gasteiger partial charge in [0.1, 0.15) is 0 Å². The van der Waals surface area contributed by atoms with Crippen molar-refractivity contribution >= 4 is 6.41 Å². The van der Waals surface area contributed by atoms with Crippen molar-refractivity contribution in [3.05, 3.63) is 0 Å². The fourth-order valence-electron chi connectivity index (χ4n) is 0.824. The molecule has 0 spiro atoms. The van der Waals surface area contributed by atoms with E-state index in [-0.39, 0.29) is 6.61 Å². The lowest BCUT2D eigenvalue weighted by Crippen LogP contribution is -2.18. The first-order chi connectivity index (χ1) is 6.91. The minimum absolute atomic E-state index is 0.174. The van der Waals surface area contributed by atoms with E-state index in [4.69, 9.17) is 14.6 Å². The zero-order valence-corrected chi connectivity index (χ0v) is 8.41. The first kappa shape index (κ1) is 13.4. The zero-order chi connectivity index (χ0) is 10.5. The molecule has 0 rings (SSSR count). The van der Waals surface area contributed by atoms with Gasteiger partial charge in [0, 0.05) is 33.0 Å². The highest BCUT2D eigenvalue weighted by Crippen LogP contribution is 1.86. The van der Waals surface area contributed by atoms with Crippen LogP contribution in [0, 0.1) is 0 Å². The van der Waals surface area contributed by atoms with E-state index in [1.165, 1.54) is 0 Å². The molecule has 0 saturated heterocycles. The van der Waals surface area contributed by atoms with Gasteiger partial charge in [-0.05, 0) is 12.8 Å². The third-order valence-electron chi connectivity index (χ3n) is 1.50. The van der Waals surface area contributed by atoms with Crippen LogP contribution in [0.3, 0.4) is 0 Å². The molecule has 14 heavy (non-hydrogen) atoms. The molecule has 5 heteroatoms. The predicted octanol–water partition coefficient (Wildman–Crippen LogP) is -0.462. The third kappa shape index (κ3) is 11.4. The Bertz CT molecular complexity index is 121. The lowest BCUT2D eigenvalue weighted by molar-refractivity contribution is -0.109. The number of hydrogen-bond donors (Lipinski definition) is 2. The average Bonchev–Trinajstić information content (AvgIpc) is 2.21. The van der Waals surface area contributed by atoms with Crippen molar-refractivity contribution in [3.8, 4) is 0 Å². The number of nitrogens with one attached hydrogen (secondary N) is 1. The highest BCUT2D eigenvalue weighted by atomic mass is 16.5. The number of carbonyl (C=O) groups is 1. The van der Waals surface area contributed by atoms with Crippen LogP contribution in [0.5, 0.6) is 0 Å². The molecule has 84 valence electrons. The summed E-state index contributed by atoms with van der Waals surface area (Å²) in [4.78, 5) is 9.83. The molecule has 0 aromatic rings. The summed E-state index contributed by atoms with van der Waals surface area (Å²) in [5.74, 6) is 0. The average molecular weight is 205 g/mol. The number of carbonyl (C=O) groups excluding carboxylic acids is 1. The minimum atomic E-state index is 0.174. The molecule has 0 aromatic heterocycles. The number of hydrogen-bond acceptors (Lipinski definition) is 4. The zero-order valence-electron chi connectivity index (χ0n) is 8.41. The second kappa shape index (κ2) is 12.3. The molecule has 1 amide bonds. The van der Waals surface area contributed by atoms with Crippen LogP contribution in [0.1, 0.15) is 12.8 Å². The van der Waals surface area contributed by atoms with Crippen molar-refractivity contribution in [1.29, 1.82) is 0 Å². The first-order valence-electron chi connectivity index (χ1n) is 4.85.